The maximum absolute atomic E-state index is 13.0. The number of rotatable bonds is 14. The maximum Gasteiger partial charge on any atom is 0.203 e. The highest BCUT2D eigenvalue weighted by atomic mass is 32.2. The van der Waals surface area contributed by atoms with E-state index >= 15 is 0 Å². The fourth-order valence-electron chi connectivity index (χ4n) is 4.76. The predicted molar refractivity (Wildman–Crippen MR) is 140 cm³/mol. The molecule has 37 heavy (non-hydrogen) atoms. The van der Waals surface area contributed by atoms with E-state index in [0.29, 0.717) is 48.1 Å². The molecule has 9 nitrogen and oxygen atoms in total. The van der Waals surface area contributed by atoms with Gasteiger partial charge in [-0.2, -0.15) is 0 Å². The molecule has 3 unspecified atom stereocenters. The van der Waals surface area contributed by atoms with Crippen LogP contribution in [0.25, 0.3) is 0 Å². The number of methoxy groups -OCH3 is 3. The second kappa shape index (κ2) is 12.9. The molecule has 0 aromatic heterocycles. The molecule has 3 rings (SSSR count). The van der Waals surface area contributed by atoms with Crippen LogP contribution in [-0.4, -0.2) is 74.6 Å². The Morgan fingerprint density at radius 1 is 1.00 bits per heavy atom. The van der Waals surface area contributed by atoms with Crippen LogP contribution in [0.3, 0.4) is 0 Å². The van der Waals surface area contributed by atoms with Crippen molar-refractivity contribution in [3.63, 3.8) is 0 Å². The first-order valence-corrected chi connectivity index (χ1v) is 14.3. The Kier molecular flexibility index (Phi) is 10.2. The first kappa shape index (κ1) is 29.2. The monoisotopic (exact) mass is 537 g/mol. The molecule has 1 heterocycles. The van der Waals surface area contributed by atoms with E-state index in [1.54, 1.807) is 36.4 Å². The third-order valence-corrected chi connectivity index (χ3v) is 7.58. The molecule has 1 aliphatic rings. The van der Waals surface area contributed by atoms with Crippen molar-refractivity contribution in [2.45, 2.75) is 48.9 Å². The van der Waals surface area contributed by atoms with Gasteiger partial charge in [0.25, 0.3) is 0 Å². The van der Waals surface area contributed by atoms with Gasteiger partial charge in [-0.3, -0.25) is 0 Å². The number of nitrogens with two attached hydrogens (primary N) is 1. The molecule has 2 aromatic carbocycles. The van der Waals surface area contributed by atoms with E-state index in [0.717, 1.165) is 19.3 Å². The van der Waals surface area contributed by atoms with E-state index in [2.05, 4.69) is 0 Å². The fourth-order valence-corrected chi connectivity index (χ4v) is 5.70. The molecule has 0 bridgehead atoms. The molecule has 206 valence electrons. The molecular formula is C27H39NO8S. The number of hydrogen-bond acceptors (Lipinski definition) is 9. The minimum absolute atomic E-state index is 0.151. The van der Waals surface area contributed by atoms with Crippen molar-refractivity contribution >= 4 is 9.84 Å². The van der Waals surface area contributed by atoms with E-state index in [9.17, 15) is 8.42 Å². The SMILES string of the molecule is CCCOC1C(OCCCCN)COC1(c1cc(OC)c(OC)c(OC)c1)c1ccccc1S(C)(=O)=O. The van der Waals surface area contributed by atoms with Crippen LogP contribution < -0.4 is 19.9 Å². The number of unbranched alkanes of at least 4 members (excludes halogenated alkanes) is 1. The molecule has 1 saturated heterocycles. The molecule has 0 amide bonds. The van der Waals surface area contributed by atoms with Crippen LogP contribution in [0.15, 0.2) is 41.3 Å². The van der Waals surface area contributed by atoms with Gasteiger partial charge in [-0.05, 0) is 49.6 Å². The molecule has 3 atom stereocenters. The lowest BCUT2D eigenvalue weighted by Crippen LogP contribution is -2.45. The van der Waals surface area contributed by atoms with Gasteiger partial charge >= 0.3 is 0 Å². The average molecular weight is 538 g/mol. The number of ether oxygens (including phenoxy) is 6. The van der Waals surface area contributed by atoms with E-state index in [1.807, 2.05) is 6.92 Å². The smallest absolute Gasteiger partial charge is 0.203 e. The van der Waals surface area contributed by atoms with Gasteiger partial charge in [-0.1, -0.05) is 25.1 Å². The van der Waals surface area contributed by atoms with Crippen LogP contribution in [0.2, 0.25) is 0 Å². The Bertz CT molecular complexity index is 1110. The van der Waals surface area contributed by atoms with E-state index in [-0.39, 0.29) is 11.5 Å². The van der Waals surface area contributed by atoms with Crippen LogP contribution in [-0.2, 0) is 29.6 Å². The Morgan fingerprint density at radius 3 is 2.24 bits per heavy atom. The summed E-state index contributed by atoms with van der Waals surface area (Å²) in [5.41, 5.74) is 5.38. The van der Waals surface area contributed by atoms with Gasteiger partial charge in [0.15, 0.2) is 21.3 Å². The average Bonchev–Trinajstić information content (AvgIpc) is 3.27. The highest BCUT2D eigenvalue weighted by Crippen LogP contribution is 2.51. The van der Waals surface area contributed by atoms with Gasteiger partial charge in [0.1, 0.15) is 17.8 Å². The number of hydrogen-bond donors (Lipinski definition) is 1. The highest BCUT2D eigenvalue weighted by molar-refractivity contribution is 7.90. The van der Waals surface area contributed by atoms with Crippen molar-refractivity contribution in [3.8, 4) is 17.2 Å². The Morgan fingerprint density at radius 2 is 1.68 bits per heavy atom. The molecule has 1 aliphatic heterocycles. The minimum Gasteiger partial charge on any atom is -0.493 e. The van der Waals surface area contributed by atoms with Crippen molar-refractivity contribution < 1.29 is 36.8 Å². The van der Waals surface area contributed by atoms with Crippen LogP contribution in [0.5, 0.6) is 17.2 Å². The number of sulfone groups is 1. The van der Waals surface area contributed by atoms with Gasteiger partial charge in [0.05, 0.1) is 32.8 Å². The molecule has 1 fully saturated rings. The van der Waals surface area contributed by atoms with Gasteiger partial charge in [-0.15, -0.1) is 0 Å². The molecule has 0 aliphatic carbocycles. The summed E-state index contributed by atoms with van der Waals surface area (Å²) in [6.07, 6.45) is 2.47. The van der Waals surface area contributed by atoms with Crippen LogP contribution in [0, 0.1) is 0 Å². The molecule has 0 spiro atoms. The van der Waals surface area contributed by atoms with Crippen molar-refractivity contribution in [2.24, 2.45) is 5.73 Å². The Hall–Kier alpha value is -2.37. The predicted octanol–water partition coefficient (Wildman–Crippen LogP) is 3.31. The van der Waals surface area contributed by atoms with Crippen molar-refractivity contribution in [3.05, 3.63) is 47.5 Å². The Labute approximate surface area is 220 Å². The van der Waals surface area contributed by atoms with Gasteiger partial charge in [-0.25, -0.2) is 8.42 Å². The van der Waals surface area contributed by atoms with E-state index in [1.165, 1.54) is 27.6 Å². The zero-order valence-electron chi connectivity index (χ0n) is 22.3. The molecule has 2 aromatic rings. The second-order valence-corrected chi connectivity index (χ2v) is 10.9. The van der Waals surface area contributed by atoms with Gasteiger partial charge < -0.3 is 34.2 Å². The van der Waals surface area contributed by atoms with Crippen LogP contribution >= 0.6 is 0 Å². The summed E-state index contributed by atoms with van der Waals surface area (Å²) in [5, 5.41) is 0. The molecule has 10 heteroatoms. The molecular weight excluding hydrogens is 498 g/mol. The van der Waals surface area contributed by atoms with Crippen molar-refractivity contribution in [2.75, 3.05) is 54.0 Å². The van der Waals surface area contributed by atoms with E-state index < -0.39 is 27.6 Å². The Balaban J connectivity index is 2.30. The largest absolute Gasteiger partial charge is 0.493 e. The third kappa shape index (κ3) is 6.04. The number of benzene rings is 2. The van der Waals surface area contributed by atoms with Gasteiger partial charge in [0.2, 0.25) is 5.75 Å². The summed E-state index contributed by atoms with van der Waals surface area (Å²) in [5.74, 6) is 1.25. The molecule has 0 saturated carbocycles. The van der Waals surface area contributed by atoms with Crippen LogP contribution in [0.4, 0.5) is 0 Å². The lowest BCUT2D eigenvalue weighted by atomic mass is 9.80. The molecule has 0 radical (unpaired) electrons. The zero-order chi connectivity index (χ0) is 27.1. The lowest BCUT2D eigenvalue weighted by Gasteiger charge is -2.38. The van der Waals surface area contributed by atoms with Crippen LogP contribution in [0.1, 0.15) is 37.3 Å². The summed E-state index contributed by atoms with van der Waals surface area (Å²) >= 11 is 0. The standard InChI is InChI=1S/C27H39NO8S/c1-6-14-35-26-23(34-15-10-9-13-28)18-36-27(26,20-11-7-8-12-24(20)37(5,29)30)19-16-21(31-2)25(33-4)22(17-19)32-3/h7-8,11-12,16-17,23,26H,6,9-10,13-15,18,28H2,1-5H3. The van der Waals surface area contributed by atoms with Crippen molar-refractivity contribution in [1.82, 2.24) is 0 Å². The highest BCUT2D eigenvalue weighted by Gasteiger charge is 2.56. The zero-order valence-corrected chi connectivity index (χ0v) is 23.1. The topological polar surface area (TPSA) is 116 Å². The summed E-state index contributed by atoms with van der Waals surface area (Å²) < 4.78 is 62.0. The second-order valence-electron chi connectivity index (χ2n) is 8.93. The summed E-state index contributed by atoms with van der Waals surface area (Å²) in [6, 6.07) is 10.4. The normalized spacial score (nSPS) is 21.7. The summed E-state index contributed by atoms with van der Waals surface area (Å²) in [7, 11) is 0.962. The minimum atomic E-state index is -3.62. The van der Waals surface area contributed by atoms with Gasteiger partial charge in [0, 0.05) is 25.0 Å². The van der Waals surface area contributed by atoms with E-state index in [4.69, 9.17) is 34.2 Å². The summed E-state index contributed by atoms with van der Waals surface area (Å²) in [6.45, 7) is 3.71. The quantitative estimate of drug-likeness (QED) is 0.362. The maximum atomic E-state index is 13.0. The third-order valence-electron chi connectivity index (χ3n) is 6.43. The first-order valence-electron chi connectivity index (χ1n) is 12.5. The lowest BCUT2D eigenvalue weighted by molar-refractivity contribution is -0.0927. The van der Waals surface area contributed by atoms with Crippen molar-refractivity contribution in [1.29, 1.82) is 0 Å². The molecule has 2 N–H and O–H groups in total. The summed E-state index contributed by atoms with van der Waals surface area (Å²) in [4.78, 5) is 0.151. The fraction of sp³-hybridized carbons (Fsp3) is 0.556. The first-order chi connectivity index (χ1) is 17.8.